The minimum absolute atomic E-state index is 0.0463. The van der Waals surface area contributed by atoms with E-state index in [0.717, 1.165) is 0 Å². The molecule has 0 heterocycles. The molecule has 2 N–H and O–H groups in total. The van der Waals surface area contributed by atoms with E-state index in [9.17, 15) is 9.59 Å². The van der Waals surface area contributed by atoms with Crippen LogP contribution < -0.4 is 0 Å². The summed E-state index contributed by atoms with van der Waals surface area (Å²) in [5.41, 5.74) is 1.01. The summed E-state index contributed by atoms with van der Waals surface area (Å²) in [5.74, 6) is -0.0911. The number of carbonyl (C=O) groups is 2. The normalized spacial score (nSPS) is 9.67. The third-order valence-corrected chi connectivity index (χ3v) is 2.31. The van der Waals surface area contributed by atoms with Crippen LogP contribution in [0, 0.1) is 5.92 Å². The van der Waals surface area contributed by atoms with Gasteiger partial charge >= 0.3 is 0 Å². The lowest BCUT2D eigenvalue weighted by Crippen LogP contribution is -2.04. The van der Waals surface area contributed by atoms with E-state index in [1.54, 1.807) is 31.2 Å². The van der Waals surface area contributed by atoms with Crippen LogP contribution in [0.25, 0.3) is 0 Å². The van der Waals surface area contributed by atoms with Gasteiger partial charge < -0.3 is 10.2 Å². The predicted molar refractivity (Wildman–Crippen MR) is 69.8 cm³/mol. The lowest BCUT2D eigenvalue weighted by Gasteiger charge is -2.00. The molecule has 4 heteroatoms. The molecular weight excluding hydrogens is 232 g/mol. The molecule has 0 radical (unpaired) electrons. The first-order chi connectivity index (χ1) is 8.43. The van der Waals surface area contributed by atoms with Crippen LogP contribution >= 0.6 is 0 Å². The molecule has 1 aromatic rings. The molecule has 0 aliphatic heterocycles. The molecule has 1 rings (SSSR count). The number of ketones is 2. The zero-order chi connectivity index (χ0) is 14.1. The zero-order valence-corrected chi connectivity index (χ0v) is 11.0. The second-order valence-corrected chi connectivity index (χ2v) is 4.13. The first-order valence-electron chi connectivity index (χ1n) is 5.76. The van der Waals surface area contributed by atoms with Crippen molar-refractivity contribution in [1.82, 2.24) is 0 Å². The molecule has 1 aromatic carbocycles. The van der Waals surface area contributed by atoms with Gasteiger partial charge in [0.15, 0.2) is 11.6 Å². The van der Waals surface area contributed by atoms with Crippen molar-refractivity contribution >= 4 is 11.6 Å². The van der Waals surface area contributed by atoms with Gasteiger partial charge in [-0.2, -0.15) is 0 Å². The first-order valence-corrected chi connectivity index (χ1v) is 5.76. The van der Waals surface area contributed by atoms with E-state index in [1.807, 2.05) is 0 Å². The molecule has 0 aliphatic rings. The molecule has 0 bridgehead atoms. The van der Waals surface area contributed by atoms with Crippen LogP contribution in [0.2, 0.25) is 0 Å². The van der Waals surface area contributed by atoms with Crippen LogP contribution in [0.15, 0.2) is 24.3 Å². The van der Waals surface area contributed by atoms with Crippen molar-refractivity contribution in [3.8, 4) is 0 Å². The van der Waals surface area contributed by atoms with E-state index in [1.165, 1.54) is 13.8 Å². The molecular formula is C14H20O4. The SMILES string of the molecule is CC(=O)c1ccccc1C(C)=O.CC(CO)CO. The summed E-state index contributed by atoms with van der Waals surface area (Å²) < 4.78 is 0. The number of rotatable bonds is 4. The highest BCUT2D eigenvalue weighted by molar-refractivity contribution is 6.07. The Morgan fingerprint density at radius 3 is 1.50 bits per heavy atom. The highest BCUT2D eigenvalue weighted by Crippen LogP contribution is 2.09. The zero-order valence-electron chi connectivity index (χ0n) is 11.0. The van der Waals surface area contributed by atoms with Crippen molar-refractivity contribution in [2.24, 2.45) is 5.92 Å². The third-order valence-electron chi connectivity index (χ3n) is 2.31. The van der Waals surface area contributed by atoms with Crippen LogP contribution in [0.4, 0.5) is 0 Å². The number of aliphatic hydroxyl groups is 2. The summed E-state index contributed by atoms with van der Waals surface area (Å²) in [6, 6.07) is 6.84. The fraction of sp³-hybridized carbons (Fsp3) is 0.429. The largest absolute Gasteiger partial charge is 0.396 e. The quantitative estimate of drug-likeness (QED) is 0.800. The van der Waals surface area contributed by atoms with E-state index in [4.69, 9.17) is 10.2 Å². The minimum atomic E-state index is -0.0687. The van der Waals surface area contributed by atoms with Crippen molar-refractivity contribution < 1.29 is 19.8 Å². The van der Waals surface area contributed by atoms with Crippen molar-refractivity contribution in [2.75, 3.05) is 13.2 Å². The summed E-state index contributed by atoms with van der Waals surface area (Å²) in [5, 5.41) is 16.3. The molecule has 0 unspecified atom stereocenters. The van der Waals surface area contributed by atoms with E-state index < -0.39 is 0 Å². The number of hydrogen-bond donors (Lipinski definition) is 2. The molecule has 0 amide bonds. The monoisotopic (exact) mass is 252 g/mol. The second-order valence-electron chi connectivity index (χ2n) is 4.13. The standard InChI is InChI=1S/C10H10O2.C4H10O2/c1-7(11)9-5-3-4-6-10(9)8(2)12;1-4(2-5)3-6/h3-6H,1-2H3;4-6H,2-3H2,1H3. The Hall–Kier alpha value is -1.52. The fourth-order valence-corrected chi connectivity index (χ4v) is 1.15. The summed E-state index contributed by atoms with van der Waals surface area (Å²) in [6.45, 7) is 4.86. The van der Waals surface area contributed by atoms with Gasteiger partial charge in [-0.05, 0) is 13.8 Å². The van der Waals surface area contributed by atoms with Crippen LogP contribution in [-0.2, 0) is 0 Å². The van der Waals surface area contributed by atoms with Gasteiger partial charge in [0.1, 0.15) is 0 Å². The van der Waals surface area contributed by atoms with Crippen LogP contribution in [0.5, 0.6) is 0 Å². The molecule has 0 atom stereocenters. The van der Waals surface area contributed by atoms with Crippen molar-refractivity contribution in [3.05, 3.63) is 35.4 Å². The van der Waals surface area contributed by atoms with Gasteiger partial charge in [-0.25, -0.2) is 0 Å². The van der Waals surface area contributed by atoms with Gasteiger partial charge in [-0.15, -0.1) is 0 Å². The maximum Gasteiger partial charge on any atom is 0.160 e. The Bertz CT molecular complexity index is 362. The number of carbonyl (C=O) groups excluding carboxylic acids is 2. The second kappa shape index (κ2) is 8.55. The van der Waals surface area contributed by atoms with Crippen molar-refractivity contribution in [1.29, 1.82) is 0 Å². The van der Waals surface area contributed by atoms with Gasteiger partial charge in [0, 0.05) is 30.3 Å². The molecule has 18 heavy (non-hydrogen) atoms. The van der Waals surface area contributed by atoms with E-state index in [2.05, 4.69) is 0 Å². The van der Waals surface area contributed by atoms with Crippen LogP contribution in [-0.4, -0.2) is 35.0 Å². The lowest BCUT2D eigenvalue weighted by atomic mass is 10.0. The summed E-state index contributed by atoms with van der Waals surface area (Å²) in [7, 11) is 0. The Kier molecular flexibility index (Phi) is 7.83. The van der Waals surface area contributed by atoms with Crippen molar-refractivity contribution in [2.45, 2.75) is 20.8 Å². The lowest BCUT2D eigenvalue weighted by molar-refractivity contribution is 0.0981. The summed E-state index contributed by atoms with van der Waals surface area (Å²) >= 11 is 0. The van der Waals surface area contributed by atoms with Gasteiger partial charge in [-0.1, -0.05) is 31.2 Å². The predicted octanol–water partition coefficient (Wildman–Crippen LogP) is 1.70. The molecule has 0 spiro atoms. The third kappa shape index (κ3) is 5.70. The molecule has 100 valence electrons. The molecule has 0 saturated carbocycles. The summed E-state index contributed by atoms with van der Waals surface area (Å²) in [4.78, 5) is 22.0. The highest BCUT2D eigenvalue weighted by atomic mass is 16.3. The van der Waals surface area contributed by atoms with Gasteiger partial charge in [0.2, 0.25) is 0 Å². The number of benzene rings is 1. The first kappa shape index (κ1) is 16.5. The van der Waals surface area contributed by atoms with E-state index in [-0.39, 0.29) is 30.7 Å². The average molecular weight is 252 g/mol. The van der Waals surface area contributed by atoms with Crippen LogP contribution in [0.3, 0.4) is 0 Å². The molecule has 0 aliphatic carbocycles. The summed E-state index contributed by atoms with van der Waals surface area (Å²) in [6.07, 6.45) is 0. The van der Waals surface area contributed by atoms with E-state index in [0.29, 0.717) is 11.1 Å². The van der Waals surface area contributed by atoms with E-state index >= 15 is 0 Å². The molecule has 0 fully saturated rings. The minimum Gasteiger partial charge on any atom is -0.396 e. The molecule has 4 nitrogen and oxygen atoms in total. The fourth-order valence-electron chi connectivity index (χ4n) is 1.15. The maximum atomic E-state index is 11.0. The smallest absolute Gasteiger partial charge is 0.160 e. The Balaban J connectivity index is 0.000000411. The molecule has 0 aromatic heterocycles. The Morgan fingerprint density at radius 1 is 1.00 bits per heavy atom. The van der Waals surface area contributed by atoms with Crippen molar-refractivity contribution in [3.63, 3.8) is 0 Å². The number of hydrogen-bond acceptors (Lipinski definition) is 4. The van der Waals surface area contributed by atoms with Crippen LogP contribution in [0.1, 0.15) is 41.5 Å². The average Bonchev–Trinajstić information content (AvgIpc) is 2.38. The highest BCUT2D eigenvalue weighted by Gasteiger charge is 2.08. The topological polar surface area (TPSA) is 74.6 Å². The number of aliphatic hydroxyl groups excluding tert-OH is 2. The Labute approximate surface area is 107 Å². The molecule has 0 saturated heterocycles. The Morgan fingerprint density at radius 2 is 1.33 bits per heavy atom. The van der Waals surface area contributed by atoms with Gasteiger partial charge in [0.25, 0.3) is 0 Å². The number of Topliss-reactive ketones (excluding diaryl/α,β-unsaturated/α-hetero) is 2. The van der Waals surface area contributed by atoms with Gasteiger partial charge in [-0.3, -0.25) is 9.59 Å². The van der Waals surface area contributed by atoms with Gasteiger partial charge in [0.05, 0.1) is 0 Å². The maximum absolute atomic E-state index is 11.0.